The molecule has 1 N–H and O–H groups in total. The van der Waals surface area contributed by atoms with Gasteiger partial charge in [-0.2, -0.15) is 0 Å². The average Bonchev–Trinajstić information content (AvgIpc) is 2.77. The minimum Gasteiger partial charge on any atom is -0.396 e. The molecule has 0 radical (unpaired) electrons. The van der Waals surface area contributed by atoms with Crippen molar-refractivity contribution >= 4 is 29.0 Å². The SMILES string of the molecule is O=C(CCCCCO)C[P+](c1ccccc1)(c1ccccc1)c1ccccc1. The lowest BCUT2D eigenvalue weighted by molar-refractivity contribution is -0.116. The van der Waals surface area contributed by atoms with E-state index in [-0.39, 0.29) is 6.61 Å². The third kappa shape index (κ3) is 4.76. The molecule has 0 saturated carbocycles. The number of rotatable bonds is 10. The van der Waals surface area contributed by atoms with E-state index >= 15 is 0 Å². The van der Waals surface area contributed by atoms with E-state index in [4.69, 9.17) is 5.11 Å². The average molecular weight is 391 g/mol. The first-order valence-electron chi connectivity index (χ1n) is 9.95. The van der Waals surface area contributed by atoms with Gasteiger partial charge in [-0.25, -0.2) is 0 Å². The van der Waals surface area contributed by atoms with E-state index < -0.39 is 7.26 Å². The van der Waals surface area contributed by atoms with Crippen LogP contribution in [0.1, 0.15) is 25.7 Å². The zero-order chi connectivity index (χ0) is 19.7. The molecule has 0 atom stereocenters. The summed E-state index contributed by atoms with van der Waals surface area (Å²) in [5, 5.41) is 12.7. The Hall–Kier alpha value is -2.28. The minimum atomic E-state index is -2.06. The van der Waals surface area contributed by atoms with E-state index in [1.807, 2.05) is 18.2 Å². The summed E-state index contributed by atoms with van der Waals surface area (Å²) in [6.07, 6.45) is 3.63. The van der Waals surface area contributed by atoms with E-state index in [9.17, 15) is 4.79 Å². The molecule has 0 bridgehead atoms. The van der Waals surface area contributed by atoms with Gasteiger partial charge in [0, 0.05) is 13.0 Å². The van der Waals surface area contributed by atoms with Crippen LogP contribution >= 0.6 is 7.26 Å². The molecular weight excluding hydrogens is 363 g/mol. The molecule has 3 aromatic rings. The highest BCUT2D eigenvalue weighted by atomic mass is 31.2. The van der Waals surface area contributed by atoms with Crippen molar-refractivity contribution in [2.24, 2.45) is 0 Å². The fraction of sp³-hybridized carbons (Fsp3) is 0.240. The molecule has 0 aliphatic heterocycles. The number of ketones is 1. The van der Waals surface area contributed by atoms with Crippen LogP contribution in [0, 0.1) is 0 Å². The van der Waals surface area contributed by atoms with Crippen molar-refractivity contribution in [3.05, 3.63) is 91.0 Å². The van der Waals surface area contributed by atoms with Crippen molar-refractivity contribution < 1.29 is 9.90 Å². The third-order valence-electron chi connectivity index (χ3n) is 5.12. The lowest BCUT2D eigenvalue weighted by atomic mass is 10.1. The van der Waals surface area contributed by atoms with E-state index in [0.29, 0.717) is 18.4 Å². The third-order valence-corrected chi connectivity index (χ3v) is 9.48. The largest absolute Gasteiger partial charge is 0.396 e. The zero-order valence-corrected chi connectivity index (χ0v) is 17.1. The number of hydrogen-bond donors (Lipinski definition) is 1. The van der Waals surface area contributed by atoms with Crippen LogP contribution < -0.4 is 15.9 Å². The van der Waals surface area contributed by atoms with Crippen LogP contribution in [0.25, 0.3) is 0 Å². The predicted molar refractivity (Wildman–Crippen MR) is 121 cm³/mol. The zero-order valence-electron chi connectivity index (χ0n) is 16.2. The molecule has 3 rings (SSSR count). The van der Waals surface area contributed by atoms with Crippen LogP contribution in [0.4, 0.5) is 0 Å². The van der Waals surface area contributed by atoms with Gasteiger partial charge in [-0.3, -0.25) is 4.79 Å². The van der Waals surface area contributed by atoms with Crippen LogP contribution in [0.5, 0.6) is 0 Å². The molecule has 2 nitrogen and oxygen atoms in total. The Balaban J connectivity index is 2.05. The summed E-state index contributed by atoms with van der Waals surface area (Å²) >= 11 is 0. The highest BCUT2D eigenvalue weighted by molar-refractivity contribution is 7.96. The molecule has 0 unspecified atom stereocenters. The number of Topliss-reactive ketones (excluding diaryl/α,β-unsaturated/α-hetero) is 1. The van der Waals surface area contributed by atoms with Crippen LogP contribution in [0.15, 0.2) is 91.0 Å². The number of benzene rings is 3. The highest BCUT2D eigenvalue weighted by Crippen LogP contribution is 2.55. The lowest BCUT2D eigenvalue weighted by Crippen LogP contribution is -2.35. The molecule has 3 heteroatoms. The maximum Gasteiger partial charge on any atom is 0.171 e. The molecular formula is C25H28O2P+. The monoisotopic (exact) mass is 391 g/mol. The molecule has 28 heavy (non-hydrogen) atoms. The first kappa shape index (κ1) is 20.5. The van der Waals surface area contributed by atoms with Crippen LogP contribution in [0.3, 0.4) is 0 Å². The van der Waals surface area contributed by atoms with Gasteiger partial charge in [-0.05, 0) is 49.2 Å². The van der Waals surface area contributed by atoms with Gasteiger partial charge < -0.3 is 5.11 Å². The second kappa shape index (κ2) is 10.3. The number of aliphatic hydroxyl groups is 1. The van der Waals surface area contributed by atoms with E-state index in [1.165, 1.54) is 15.9 Å². The van der Waals surface area contributed by atoms with Gasteiger partial charge in [0.2, 0.25) is 0 Å². The van der Waals surface area contributed by atoms with E-state index in [2.05, 4.69) is 72.8 Å². The van der Waals surface area contributed by atoms with E-state index in [1.54, 1.807) is 0 Å². The molecule has 0 heterocycles. The van der Waals surface area contributed by atoms with Crippen LogP contribution in [-0.4, -0.2) is 23.7 Å². The molecule has 0 fully saturated rings. The Morgan fingerprint density at radius 1 is 0.643 bits per heavy atom. The number of carbonyl (C=O) groups excluding carboxylic acids is 1. The van der Waals surface area contributed by atoms with Crippen LogP contribution in [-0.2, 0) is 4.79 Å². The molecule has 0 aliphatic rings. The van der Waals surface area contributed by atoms with E-state index in [0.717, 1.165) is 19.3 Å². The highest BCUT2D eigenvalue weighted by Gasteiger charge is 2.46. The van der Waals surface area contributed by atoms with Crippen molar-refractivity contribution in [1.82, 2.24) is 0 Å². The summed E-state index contributed by atoms with van der Waals surface area (Å²) in [5.41, 5.74) is 0. The minimum absolute atomic E-state index is 0.198. The maximum atomic E-state index is 13.1. The van der Waals surface area contributed by atoms with Gasteiger partial charge in [-0.1, -0.05) is 61.0 Å². The van der Waals surface area contributed by atoms with Crippen LogP contribution in [0.2, 0.25) is 0 Å². The standard InChI is InChI=1S/C25H28O2P/c26-20-12-4-5-13-22(27)21-28(23-14-6-1-7-15-23,24-16-8-2-9-17-24)25-18-10-3-11-19-25/h1-3,6-11,14-19,26H,4-5,12-13,20-21H2/q+1. The Bertz CT molecular complexity index is 751. The van der Waals surface area contributed by atoms with Crippen molar-refractivity contribution in [1.29, 1.82) is 0 Å². The fourth-order valence-electron chi connectivity index (χ4n) is 3.72. The summed E-state index contributed by atoms with van der Waals surface area (Å²) in [6.45, 7) is 0.198. The first-order chi connectivity index (χ1) is 13.8. The van der Waals surface area contributed by atoms with Gasteiger partial charge in [0.15, 0.2) is 5.78 Å². The van der Waals surface area contributed by atoms with Gasteiger partial charge in [0.1, 0.15) is 29.3 Å². The molecule has 3 aromatic carbocycles. The summed E-state index contributed by atoms with van der Waals surface area (Å²) < 4.78 is 0. The van der Waals surface area contributed by atoms with Gasteiger partial charge in [-0.15, -0.1) is 0 Å². The normalized spacial score (nSPS) is 11.3. The number of unbranched alkanes of at least 4 members (excludes halogenated alkanes) is 2. The summed E-state index contributed by atoms with van der Waals surface area (Å²) in [5.74, 6) is 0.308. The molecule has 0 spiro atoms. The van der Waals surface area contributed by atoms with Gasteiger partial charge in [0.25, 0.3) is 0 Å². The maximum absolute atomic E-state index is 13.1. The smallest absolute Gasteiger partial charge is 0.171 e. The number of hydrogen-bond acceptors (Lipinski definition) is 2. The second-order valence-electron chi connectivity index (χ2n) is 7.05. The summed E-state index contributed by atoms with van der Waals surface area (Å²) in [6, 6.07) is 31.6. The predicted octanol–water partition coefficient (Wildman–Crippen LogP) is 4.10. The number of carbonyl (C=O) groups is 1. The Morgan fingerprint density at radius 2 is 1.07 bits per heavy atom. The quantitative estimate of drug-likeness (QED) is 0.417. The Morgan fingerprint density at radius 3 is 1.46 bits per heavy atom. The molecule has 144 valence electrons. The summed E-state index contributed by atoms with van der Waals surface area (Å²) in [4.78, 5) is 13.1. The van der Waals surface area contributed by atoms with Gasteiger partial charge in [0.05, 0.1) is 0 Å². The molecule has 0 aliphatic carbocycles. The van der Waals surface area contributed by atoms with Crippen molar-refractivity contribution in [2.75, 3.05) is 12.8 Å². The molecule has 0 aromatic heterocycles. The molecule has 0 amide bonds. The molecule has 0 saturated heterocycles. The fourth-order valence-corrected chi connectivity index (χ4v) is 7.90. The Labute approximate surface area is 168 Å². The lowest BCUT2D eigenvalue weighted by Gasteiger charge is -2.27. The topological polar surface area (TPSA) is 37.3 Å². The van der Waals surface area contributed by atoms with Gasteiger partial charge >= 0.3 is 0 Å². The second-order valence-corrected chi connectivity index (χ2v) is 10.5. The van der Waals surface area contributed by atoms with Crippen molar-refractivity contribution in [2.45, 2.75) is 25.7 Å². The Kier molecular flexibility index (Phi) is 7.54. The van der Waals surface area contributed by atoms with Crippen molar-refractivity contribution in [3.8, 4) is 0 Å². The first-order valence-corrected chi connectivity index (χ1v) is 11.9. The van der Waals surface area contributed by atoms with Crippen molar-refractivity contribution in [3.63, 3.8) is 0 Å². The number of aliphatic hydroxyl groups excluding tert-OH is 1. The summed E-state index contributed by atoms with van der Waals surface area (Å²) in [7, 11) is -2.06.